The van der Waals surface area contributed by atoms with Gasteiger partial charge in [-0.15, -0.1) is 0 Å². The largest absolute Gasteiger partial charge is 0.478 e. The summed E-state index contributed by atoms with van der Waals surface area (Å²) in [6.45, 7) is 0.841. The molecule has 0 aromatic heterocycles. The number of β-amino-alcohol motifs (C(OH)–C–C–N with tert-alkyl or cyclic N) is 1. The van der Waals surface area contributed by atoms with E-state index >= 15 is 0 Å². The summed E-state index contributed by atoms with van der Waals surface area (Å²) in [5.74, 6) is -2.54. The maximum absolute atomic E-state index is 11.2. The minimum absolute atomic E-state index is 0.223. The van der Waals surface area contributed by atoms with Gasteiger partial charge in [0, 0.05) is 13.1 Å². The van der Waals surface area contributed by atoms with Crippen LogP contribution >= 0.6 is 0 Å². The van der Waals surface area contributed by atoms with E-state index < -0.39 is 18.0 Å². The molecule has 0 saturated carbocycles. The summed E-state index contributed by atoms with van der Waals surface area (Å²) in [7, 11) is 0. The van der Waals surface area contributed by atoms with Gasteiger partial charge in [0.05, 0.1) is 22.9 Å². The van der Waals surface area contributed by atoms with E-state index in [-0.39, 0.29) is 11.1 Å². The van der Waals surface area contributed by atoms with E-state index in [0.29, 0.717) is 25.2 Å². The van der Waals surface area contributed by atoms with Crippen molar-refractivity contribution in [2.24, 2.45) is 0 Å². The van der Waals surface area contributed by atoms with Gasteiger partial charge in [-0.05, 0) is 18.6 Å². The first-order valence-corrected chi connectivity index (χ1v) is 5.53. The van der Waals surface area contributed by atoms with Crippen LogP contribution in [0.15, 0.2) is 18.2 Å². The number of anilines is 1. The highest BCUT2D eigenvalue weighted by Crippen LogP contribution is 2.27. The average Bonchev–Trinajstić information content (AvgIpc) is 2.74. The number of carbonyl (C=O) groups is 2. The number of aliphatic hydroxyl groups excluding tert-OH is 1. The van der Waals surface area contributed by atoms with Crippen molar-refractivity contribution < 1.29 is 24.9 Å². The molecule has 0 bridgehead atoms. The molecular weight excluding hydrogens is 238 g/mol. The molecule has 1 saturated heterocycles. The van der Waals surface area contributed by atoms with Crippen LogP contribution in [0.25, 0.3) is 0 Å². The Bertz CT molecular complexity index is 499. The van der Waals surface area contributed by atoms with E-state index in [4.69, 9.17) is 10.2 Å². The second-order valence-corrected chi connectivity index (χ2v) is 4.20. The Morgan fingerprint density at radius 2 is 1.94 bits per heavy atom. The van der Waals surface area contributed by atoms with Crippen LogP contribution in [0, 0.1) is 0 Å². The predicted octanol–water partition coefficient (Wildman–Crippen LogP) is 0.654. The quantitative estimate of drug-likeness (QED) is 0.729. The van der Waals surface area contributed by atoms with Gasteiger partial charge in [-0.3, -0.25) is 0 Å². The summed E-state index contributed by atoms with van der Waals surface area (Å²) in [5, 5.41) is 27.6. The SMILES string of the molecule is O=C(O)c1cccc(N2CCC(O)C2)c1C(=O)O. The highest BCUT2D eigenvalue weighted by atomic mass is 16.4. The zero-order chi connectivity index (χ0) is 13.3. The fourth-order valence-electron chi connectivity index (χ4n) is 2.17. The Hall–Kier alpha value is -2.08. The first-order valence-electron chi connectivity index (χ1n) is 5.53. The van der Waals surface area contributed by atoms with Crippen LogP contribution in [-0.4, -0.2) is 46.5 Å². The molecule has 96 valence electrons. The van der Waals surface area contributed by atoms with Crippen LogP contribution < -0.4 is 4.90 Å². The van der Waals surface area contributed by atoms with Crippen LogP contribution in [0.4, 0.5) is 5.69 Å². The molecule has 1 heterocycles. The Morgan fingerprint density at radius 3 is 2.44 bits per heavy atom. The molecule has 0 amide bonds. The molecule has 1 aliphatic heterocycles. The van der Waals surface area contributed by atoms with Crippen LogP contribution in [-0.2, 0) is 0 Å². The number of hydrogen-bond acceptors (Lipinski definition) is 4. The van der Waals surface area contributed by atoms with Gasteiger partial charge in [-0.1, -0.05) is 6.07 Å². The number of nitrogens with zero attached hydrogens (tertiary/aromatic N) is 1. The number of aliphatic hydroxyl groups is 1. The van der Waals surface area contributed by atoms with Gasteiger partial charge in [-0.2, -0.15) is 0 Å². The standard InChI is InChI=1S/C12H13NO5/c14-7-4-5-13(6-7)9-3-1-2-8(11(15)16)10(9)12(17)18/h1-3,7,14H,4-6H2,(H,15,16)(H,17,18). The fraction of sp³-hybridized carbons (Fsp3) is 0.333. The molecule has 0 spiro atoms. The van der Waals surface area contributed by atoms with Crippen molar-refractivity contribution in [2.75, 3.05) is 18.0 Å². The lowest BCUT2D eigenvalue weighted by Crippen LogP contribution is -2.24. The molecule has 6 heteroatoms. The van der Waals surface area contributed by atoms with Crippen molar-refractivity contribution in [3.05, 3.63) is 29.3 Å². The summed E-state index contributed by atoms with van der Waals surface area (Å²) in [4.78, 5) is 24.0. The number of hydrogen-bond donors (Lipinski definition) is 3. The van der Waals surface area contributed by atoms with Gasteiger partial charge < -0.3 is 20.2 Å². The third-order valence-electron chi connectivity index (χ3n) is 2.99. The molecule has 1 aliphatic rings. The van der Waals surface area contributed by atoms with Crippen molar-refractivity contribution in [1.29, 1.82) is 0 Å². The van der Waals surface area contributed by atoms with Crippen LogP contribution in [0.3, 0.4) is 0 Å². The van der Waals surface area contributed by atoms with Gasteiger partial charge in [-0.25, -0.2) is 9.59 Å². The number of rotatable bonds is 3. The Kier molecular flexibility index (Phi) is 3.20. The van der Waals surface area contributed by atoms with Gasteiger partial charge >= 0.3 is 11.9 Å². The van der Waals surface area contributed by atoms with Crippen molar-refractivity contribution in [3.63, 3.8) is 0 Å². The Morgan fingerprint density at radius 1 is 1.22 bits per heavy atom. The van der Waals surface area contributed by atoms with E-state index in [2.05, 4.69) is 0 Å². The van der Waals surface area contributed by atoms with Gasteiger partial charge in [0.15, 0.2) is 0 Å². The summed E-state index contributed by atoms with van der Waals surface area (Å²) in [6, 6.07) is 4.34. The fourth-order valence-corrected chi connectivity index (χ4v) is 2.17. The first kappa shape index (κ1) is 12.4. The summed E-state index contributed by atoms with van der Waals surface area (Å²) in [6.07, 6.45) is 0.0521. The van der Waals surface area contributed by atoms with E-state index in [0.717, 1.165) is 0 Å². The highest BCUT2D eigenvalue weighted by molar-refractivity contribution is 6.06. The maximum atomic E-state index is 11.2. The van der Waals surface area contributed by atoms with Gasteiger partial charge in [0.25, 0.3) is 0 Å². The minimum atomic E-state index is -1.27. The lowest BCUT2D eigenvalue weighted by molar-refractivity contribution is 0.0652. The first-order chi connectivity index (χ1) is 8.50. The van der Waals surface area contributed by atoms with E-state index in [1.807, 2.05) is 0 Å². The number of benzene rings is 1. The molecular formula is C12H13NO5. The number of carboxylic acids is 2. The third-order valence-corrected chi connectivity index (χ3v) is 2.99. The van der Waals surface area contributed by atoms with E-state index in [1.165, 1.54) is 12.1 Å². The highest BCUT2D eigenvalue weighted by Gasteiger charge is 2.27. The topological polar surface area (TPSA) is 98.1 Å². The molecule has 0 aliphatic carbocycles. The Balaban J connectivity index is 2.50. The van der Waals surface area contributed by atoms with Crippen molar-refractivity contribution in [2.45, 2.75) is 12.5 Å². The van der Waals surface area contributed by atoms with E-state index in [9.17, 15) is 14.7 Å². The lowest BCUT2D eigenvalue weighted by Gasteiger charge is -2.20. The number of carboxylic acid groups (broad SMARTS) is 2. The molecule has 1 aromatic carbocycles. The third kappa shape index (κ3) is 2.14. The van der Waals surface area contributed by atoms with Crippen molar-refractivity contribution in [1.82, 2.24) is 0 Å². The lowest BCUT2D eigenvalue weighted by atomic mass is 10.0. The van der Waals surface area contributed by atoms with Gasteiger partial charge in [0.1, 0.15) is 0 Å². The normalized spacial score (nSPS) is 18.9. The molecule has 1 unspecified atom stereocenters. The van der Waals surface area contributed by atoms with Crippen molar-refractivity contribution in [3.8, 4) is 0 Å². The molecule has 3 N–H and O–H groups in total. The summed E-state index contributed by atoms with van der Waals surface area (Å²) in [5.41, 5.74) is -0.112. The molecule has 18 heavy (non-hydrogen) atoms. The minimum Gasteiger partial charge on any atom is -0.478 e. The molecule has 6 nitrogen and oxygen atoms in total. The van der Waals surface area contributed by atoms with Crippen LogP contribution in [0.2, 0.25) is 0 Å². The monoisotopic (exact) mass is 251 g/mol. The molecule has 1 atom stereocenters. The predicted molar refractivity (Wildman–Crippen MR) is 63.2 cm³/mol. The Labute approximate surface area is 103 Å². The molecule has 1 aromatic rings. The zero-order valence-corrected chi connectivity index (χ0v) is 9.54. The average molecular weight is 251 g/mol. The van der Waals surface area contributed by atoms with Crippen LogP contribution in [0.5, 0.6) is 0 Å². The second kappa shape index (κ2) is 4.66. The summed E-state index contributed by atoms with van der Waals surface area (Å²) >= 11 is 0. The zero-order valence-electron chi connectivity index (χ0n) is 9.54. The maximum Gasteiger partial charge on any atom is 0.338 e. The molecule has 2 rings (SSSR count). The van der Waals surface area contributed by atoms with E-state index in [1.54, 1.807) is 11.0 Å². The number of aromatic carboxylic acids is 2. The van der Waals surface area contributed by atoms with Gasteiger partial charge in [0.2, 0.25) is 0 Å². The molecule has 0 radical (unpaired) electrons. The summed E-state index contributed by atoms with van der Waals surface area (Å²) < 4.78 is 0. The second-order valence-electron chi connectivity index (χ2n) is 4.20. The van der Waals surface area contributed by atoms with Crippen molar-refractivity contribution >= 4 is 17.6 Å². The smallest absolute Gasteiger partial charge is 0.338 e. The van der Waals surface area contributed by atoms with Crippen LogP contribution in [0.1, 0.15) is 27.1 Å². The molecule has 1 fully saturated rings.